The van der Waals surface area contributed by atoms with Crippen LogP contribution in [0.2, 0.25) is 0 Å². The van der Waals surface area contributed by atoms with Gasteiger partial charge in [0, 0.05) is 30.2 Å². The zero-order chi connectivity index (χ0) is 19.1. The van der Waals surface area contributed by atoms with E-state index in [-0.39, 0.29) is 12.2 Å². The lowest BCUT2D eigenvalue weighted by molar-refractivity contribution is -0.577. The molecule has 2 bridgehead atoms. The van der Waals surface area contributed by atoms with Crippen LogP contribution in [0.1, 0.15) is 72.1 Å². The topological polar surface area (TPSA) is 46.2 Å². The van der Waals surface area contributed by atoms with E-state index in [1.807, 2.05) is 6.92 Å². The number of alkyl halides is 1. The fourth-order valence-electron chi connectivity index (χ4n) is 5.81. The Morgan fingerprint density at radius 2 is 1.81 bits per heavy atom. The first kappa shape index (κ1) is 20.5. The van der Waals surface area contributed by atoms with Gasteiger partial charge in [-0.3, -0.25) is 0 Å². The minimum atomic E-state index is -0.710. The average Bonchev–Trinajstić information content (AvgIpc) is 2.88. The van der Waals surface area contributed by atoms with Gasteiger partial charge in [-0.25, -0.2) is 9.78 Å². The molecule has 1 spiro atoms. The molecule has 0 N–H and O–H groups in total. The van der Waals surface area contributed by atoms with Gasteiger partial charge >= 0.3 is 0 Å². The van der Waals surface area contributed by atoms with Crippen molar-refractivity contribution in [2.45, 2.75) is 96.1 Å². The van der Waals surface area contributed by atoms with E-state index in [1.54, 1.807) is 0 Å². The molecular weight excluding hydrogens is 412 g/mol. The van der Waals surface area contributed by atoms with Gasteiger partial charge in [0.2, 0.25) is 5.79 Å². The van der Waals surface area contributed by atoms with Crippen molar-refractivity contribution in [3.8, 4) is 0 Å². The van der Waals surface area contributed by atoms with Crippen LogP contribution in [0.5, 0.6) is 0 Å². The van der Waals surface area contributed by atoms with E-state index in [1.165, 1.54) is 25.7 Å². The molecule has 1 unspecified atom stereocenters. The monoisotopic (exact) mass is 446 g/mol. The summed E-state index contributed by atoms with van der Waals surface area (Å²) in [5.74, 6) is 0.919. The van der Waals surface area contributed by atoms with Crippen LogP contribution < -0.4 is 0 Å². The van der Waals surface area contributed by atoms with E-state index in [0.29, 0.717) is 17.8 Å². The van der Waals surface area contributed by atoms with E-state index >= 15 is 0 Å². The van der Waals surface area contributed by atoms with Crippen molar-refractivity contribution in [2.75, 3.05) is 11.9 Å². The summed E-state index contributed by atoms with van der Waals surface area (Å²) in [5.41, 5.74) is -0.483. The summed E-state index contributed by atoms with van der Waals surface area (Å²) >= 11 is 3.49. The number of rotatable bonds is 7. The molecule has 5 rings (SSSR count). The molecule has 4 heterocycles. The zero-order valence-electron chi connectivity index (χ0n) is 17.0. The van der Waals surface area contributed by atoms with Gasteiger partial charge in [0.15, 0.2) is 18.2 Å². The molecule has 4 aliphatic heterocycles. The van der Waals surface area contributed by atoms with E-state index in [2.05, 4.69) is 29.8 Å². The molecule has 6 heteroatoms. The Bertz CT molecular complexity index is 519. The summed E-state index contributed by atoms with van der Waals surface area (Å²) in [7, 11) is 0. The lowest BCUT2D eigenvalue weighted by Gasteiger charge is -2.60. The van der Waals surface area contributed by atoms with Gasteiger partial charge in [-0.1, -0.05) is 42.6 Å². The van der Waals surface area contributed by atoms with Crippen molar-refractivity contribution in [1.82, 2.24) is 0 Å². The van der Waals surface area contributed by atoms with Gasteiger partial charge in [0.05, 0.1) is 0 Å². The average molecular weight is 447 g/mol. The highest BCUT2D eigenvalue weighted by Crippen LogP contribution is 2.60. The molecular formula is C21H35BrO5. The summed E-state index contributed by atoms with van der Waals surface area (Å²) < 4.78 is 19.0. The van der Waals surface area contributed by atoms with Crippen molar-refractivity contribution in [2.24, 2.45) is 23.7 Å². The van der Waals surface area contributed by atoms with Crippen LogP contribution in [0.25, 0.3) is 0 Å². The Hall–Kier alpha value is 0.280. The van der Waals surface area contributed by atoms with Crippen LogP contribution in [0.15, 0.2) is 0 Å². The third-order valence-corrected chi connectivity index (χ3v) is 7.97. The van der Waals surface area contributed by atoms with Gasteiger partial charge in [-0.15, -0.1) is 0 Å². The lowest BCUT2D eigenvalue weighted by atomic mass is 9.58. The number of ether oxygens (including phenoxy) is 3. The fourth-order valence-corrected chi connectivity index (χ4v) is 6.21. The van der Waals surface area contributed by atoms with E-state index in [0.717, 1.165) is 37.6 Å². The highest BCUT2D eigenvalue weighted by atomic mass is 79.9. The van der Waals surface area contributed by atoms with Crippen molar-refractivity contribution < 1.29 is 24.0 Å². The standard InChI is InChI=1S/C21H35BrO5/c1-14-8-9-17-15(2)18(23-13-7-5-4-6-12-22)24-19-21(17)16(14)10-11-20(3,25-19)26-27-21/h14-19H,4-13H2,1-3H3/t14-,15-,16?,17+,18+,19-,20+,21-/m1/s1. The number of fused-ring (bicyclic) bond motifs is 2. The first-order chi connectivity index (χ1) is 13.0. The van der Waals surface area contributed by atoms with Gasteiger partial charge in [-0.2, -0.15) is 0 Å². The van der Waals surface area contributed by atoms with Crippen molar-refractivity contribution in [1.29, 1.82) is 0 Å². The highest BCUT2D eigenvalue weighted by Gasteiger charge is 2.69. The minimum absolute atomic E-state index is 0.220. The molecule has 8 atom stereocenters. The Kier molecular flexibility index (Phi) is 6.23. The second kappa shape index (κ2) is 8.19. The summed E-state index contributed by atoms with van der Waals surface area (Å²) in [6.07, 6.45) is 8.41. The van der Waals surface area contributed by atoms with Crippen molar-refractivity contribution in [3.05, 3.63) is 0 Å². The first-order valence-electron chi connectivity index (χ1n) is 10.9. The molecule has 0 radical (unpaired) electrons. The van der Waals surface area contributed by atoms with Crippen LogP contribution in [0.4, 0.5) is 0 Å². The zero-order valence-corrected chi connectivity index (χ0v) is 18.5. The molecule has 1 saturated carbocycles. The van der Waals surface area contributed by atoms with E-state index in [9.17, 15) is 0 Å². The number of unbranched alkanes of at least 4 members (excludes halogenated alkanes) is 3. The summed E-state index contributed by atoms with van der Waals surface area (Å²) in [6, 6.07) is 0. The Labute approximate surface area is 171 Å². The van der Waals surface area contributed by atoms with Gasteiger partial charge in [-0.05, 0) is 50.9 Å². The van der Waals surface area contributed by atoms with Crippen LogP contribution in [-0.2, 0) is 24.0 Å². The van der Waals surface area contributed by atoms with Crippen LogP contribution in [0.3, 0.4) is 0 Å². The maximum absolute atomic E-state index is 6.43. The number of hydrogen-bond donors (Lipinski definition) is 0. The first-order valence-corrected chi connectivity index (χ1v) is 12.0. The fraction of sp³-hybridized carbons (Fsp3) is 1.00. The molecule has 0 aromatic carbocycles. The molecule has 27 heavy (non-hydrogen) atoms. The SMILES string of the molecule is C[C@H]1[C@@H](OCCCCCCBr)O[C@@H]2O[C@]3(C)CCC4[C@H](C)CC[C@@H]1[C@]42OO3. The van der Waals surface area contributed by atoms with Gasteiger partial charge in [0.25, 0.3) is 0 Å². The maximum Gasteiger partial charge on any atom is 0.201 e. The van der Waals surface area contributed by atoms with Crippen LogP contribution >= 0.6 is 15.9 Å². The quantitative estimate of drug-likeness (QED) is 0.306. The molecule has 0 aromatic rings. The second-order valence-electron chi connectivity index (χ2n) is 9.25. The van der Waals surface area contributed by atoms with Gasteiger partial charge < -0.3 is 14.2 Å². The van der Waals surface area contributed by atoms with E-state index < -0.39 is 17.7 Å². The maximum atomic E-state index is 6.43. The minimum Gasteiger partial charge on any atom is -0.352 e. The molecule has 5 fully saturated rings. The molecule has 5 nitrogen and oxygen atoms in total. The molecule has 0 aromatic heterocycles. The third-order valence-electron chi connectivity index (χ3n) is 7.41. The summed E-state index contributed by atoms with van der Waals surface area (Å²) in [6.45, 7) is 7.31. The lowest BCUT2D eigenvalue weighted by Crippen LogP contribution is -2.70. The normalized spacial score (nSPS) is 48.9. The van der Waals surface area contributed by atoms with Crippen molar-refractivity contribution >= 4 is 15.9 Å². The van der Waals surface area contributed by atoms with Crippen LogP contribution in [-0.4, -0.2) is 35.9 Å². The molecule has 4 saturated heterocycles. The van der Waals surface area contributed by atoms with Gasteiger partial charge in [0.1, 0.15) is 0 Å². The van der Waals surface area contributed by atoms with E-state index in [4.69, 9.17) is 24.0 Å². The Morgan fingerprint density at radius 3 is 2.63 bits per heavy atom. The molecule has 0 amide bonds. The Balaban J connectivity index is 1.47. The summed E-state index contributed by atoms with van der Waals surface area (Å²) in [4.78, 5) is 12.0. The predicted octanol–water partition coefficient (Wildman–Crippen LogP) is 5.17. The number of hydrogen-bond acceptors (Lipinski definition) is 5. The highest BCUT2D eigenvalue weighted by molar-refractivity contribution is 9.09. The third kappa shape index (κ3) is 3.64. The number of halogens is 1. The Morgan fingerprint density at radius 1 is 1.00 bits per heavy atom. The van der Waals surface area contributed by atoms with Crippen LogP contribution in [0, 0.1) is 23.7 Å². The molecule has 1 aliphatic carbocycles. The smallest absolute Gasteiger partial charge is 0.201 e. The second-order valence-corrected chi connectivity index (χ2v) is 10.0. The largest absolute Gasteiger partial charge is 0.352 e. The molecule has 156 valence electrons. The van der Waals surface area contributed by atoms with Crippen molar-refractivity contribution in [3.63, 3.8) is 0 Å². The predicted molar refractivity (Wildman–Crippen MR) is 105 cm³/mol. The molecule has 5 aliphatic rings. The summed E-state index contributed by atoms with van der Waals surface area (Å²) in [5, 5.41) is 1.08.